The Morgan fingerprint density at radius 1 is 1.31 bits per heavy atom. The smallest absolute Gasteiger partial charge is 0.264 e. The summed E-state index contributed by atoms with van der Waals surface area (Å²) in [6.45, 7) is -0.233. The molecule has 0 bridgehead atoms. The van der Waals surface area contributed by atoms with Crippen LogP contribution in [0, 0.1) is 11.6 Å². The fourth-order valence-corrected chi connectivity index (χ4v) is 2.45. The minimum absolute atomic E-state index is 0.0593. The number of nitrogens with one attached hydrogen (secondary N) is 2. The zero-order valence-electron chi connectivity index (χ0n) is 13.6. The number of halogens is 2. The van der Waals surface area contributed by atoms with Crippen LogP contribution in [-0.2, 0) is 6.54 Å². The first kappa shape index (κ1) is 17.3. The number of benzene rings is 1. The van der Waals surface area contributed by atoms with Gasteiger partial charge < -0.3 is 20.8 Å². The monoisotopic (exact) mass is 360 g/mol. The molecule has 7 nitrogen and oxygen atoms in total. The van der Waals surface area contributed by atoms with E-state index in [9.17, 15) is 18.4 Å². The number of ether oxygens (including phenoxy) is 1. The number of H-pyrrole nitrogens is 1. The van der Waals surface area contributed by atoms with Crippen LogP contribution in [0.25, 0.3) is 11.0 Å². The summed E-state index contributed by atoms with van der Waals surface area (Å²) in [5.74, 6) is -2.04. The molecule has 3 rings (SSSR count). The number of carbonyl (C=O) groups excluding carboxylic acids is 1. The largest absolute Gasteiger partial charge is 0.481 e. The third-order valence-corrected chi connectivity index (χ3v) is 3.78. The Morgan fingerprint density at radius 3 is 2.77 bits per heavy atom. The molecule has 9 heteroatoms. The van der Waals surface area contributed by atoms with Gasteiger partial charge in [0.2, 0.25) is 5.88 Å². The maximum absolute atomic E-state index is 13.6. The van der Waals surface area contributed by atoms with Gasteiger partial charge in [0.25, 0.3) is 11.5 Å². The summed E-state index contributed by atoms with van der Waals surface area (Å²) in [5.41, 5.74) is 5.08. The lowest BCUT2D eigenvalue weighted by molar-refractivity contribution is 0.0950. The summed E-state index contributed by atoms with van der Waals surface area (Å²) < 4.78 is 31.5. The number of amides is 1. The van der Waals surface area contributed by atoms with Gasteiger partial charge in [-0.1, -0.05) is 6.07 Å². The van der Waals surface area contributed by atoms with Crippen LogP contribution in [0.3, 0.4) is 0 Å². The first-order valence-electron chi connectivity index (χ1n) is 7.49. The quantitative estimate of drug-likeness (QED) is 0.656. The number of nitrogen functional groups attached to an aromatic ring is 1. The predicted octanol–water partition coefficient (Wildman–Crippen LogP) is 1.72. The van der Waals surface area contributed by atoms with E-state index < -0.39 is 23.1 Å². The molecule has 0 aliphatic rings. The van der Waals surface area contributed by atoms with E-state index in [0.717, 1.165) is 6.07 Å². The van der Waals surface area contributed by atoms with Gasteiger partial charge in [-0.3, -0.25) is 9.59 Å². The van der Waals surface area contributed by atoms with Crippen LogP contribution in [-0.4, -0.2) is 23.0 Å². The molecule has 0 spiro atoms. The molecule has 0 saturated carbocycles. The molecule has 26 heavy (non-hydrogen) atoms. The number of hydrogen-bond donors (Lipinski definition) is 3. The second-order valence-corrected chi connectivity index (χ2v) is 5.41. The van der Waals surface area contributed by atoms with Crippen LogP contribution < -0.4 is 21.3 Å². The van der Waals surface area contributed by atoms with E-state index in [1.807, 2.05) is 0 Å². The van der Waals surface area contributed by atoms with E-state index >= 15 is 0 Å². The van der Waals surface area contributed by atoms with Crippen LogP contribution in [0.2, 0.25) is 0 Å². The van der Waals surface area contributed by atoms with E-state index in [0.29, 0.717) is 11.5 Å². The number of methoxy groups -OCH3 is 1. The topological polar surface area (TPSA) is 110 Å². The number of fused-ring (bicyclic) bond motifs is 1. The third kappa shape index (κ3) is 3.18. The number of nitrogens with two attached hydrogens (primary N) is 1. The van der Waals surface area contributed by atoms with Crippen molar-refractivity contribution in [3.05, 3.63) is 63.4 Å². The highest BCUT2D eigenvalue weighted by atomic mass is 19.1. The molecule has 4 N–H and O–H groups in total. The van der Waals surface area contributed by atoms with Gasteiger partial charge in [0.15, 0.2) is 0 Å². The fourth-order valence-electron chi connectivity index (χ4n) is 2.45. The Bertz CT molecular complexity index is 1070. The van der Waals surface area contributed by atoms with Crippen molar-refractivity contribution in [3.8, 4) is 5.88 Å². The van der Waals surface area contributed by atoms with Crippen molar-refractivity contribution in [2.75, 3.05) is 12.8 Å². The van der Waals surface area contributed by atoms with E-state index in [2.05, 4.69) is 15.3 Å². The number of hydrogen-bond acceptors (Lipinski definition) is 5. The van der Waals surface area contributed by atoms with Gasteiger partial charge in [-0.05, 0) is 12.1 Å². The number of rotatable bonds is 4. The van der Waals surface area contributed by atoms with Crippen molar-refractivity contribution in [1.29, 1.82) is 0 Å². The molecule has 0 aliphatic heterocycles. The first-order valence-corrected chi connectivity index (χ1v) is 7.49. The predicted molar refractivity (Wildman–Crippen MR) is 90.9 cm³/mol. The SMILES string of the molecule is COc1ccc2c(N)c(C(=O)NCc3ccc(F)cc3F)c(=O)[nH]c2n1. The van der Waals surface area contributed by atoms with E-state index in [-0.39, 0.29) is 34.9 Å². The Labute approximate surface area is 145 Å². The van der Waals surface area contributed by atoms with Crippen molar-refractivity contribution in [3.63, 3.8) is 0 Å². The molecule has 0 fully saturated rings. The van der Waals surface area contributed by atoms with Gasteiger partial charge in [-0.2, -0.15) is 4.98 Å². The lowest BCUT2D eigenvalue weighted by Crippen LogP contribution is -2.31. The molecule has 134 valence electrons. The number of aromatic nitrogens is 2. The van der Waals surface area contributed by atoms with Crippen molar-refractivity contribution < 1.29 is 18.3 Å². The minimum Gasteiger partial charge on any atom is -0.481 e. The second-order valence-electron chi connectivity index (χ2n) is 5.41. The minimum atomic E-state index is -0.804. The summed E-state index contributed by atoms with van der Waals surface area (Å²) in [7, 11) is 1.42. The Kier molecular flexibility index (Phi) is 4.53. The maximum Gasteiger partial charge on any atom is 0.264 e. The number of carbonyl (C=O) groups is 1. The summed E-state index contributed by atoms with van der Waals surface area (Å²) in [4.78, 5) is 31.1. The Hall–Kier alpha value is -3.49. The van der Waals surface area contributed by atoms with Crippen LogP contribution >= 0.6 is 0 Å². The number of pyridine rings is 2. The lowest BCUT2D eigenvalue weighted by atomic mass is 10.1. The van der Waals surface area contributed by atoms with Gasteiger partial charge in [-0.15, -0.1) is 0 Å². The maximum atomic E-state index is 13.6. The molecule has 0 radical (unpaired) electrons. The van der Waals surface area contributed by atoms with Crippen LogP contribution in [0.5, 0.6) is 5.88 Å². The average molecular weight is 360 g/mol. The van der Waals surface area contributed by atoms with Crippen molar-refractivity contribution in [1.82, 2.24) is 15.3 Å². The second kappa shape index (κ2) is 6.79. The molecular weight excluding hydrogens is 346 g/mol. The third-order valence-electron chi connectivity index (χ3n) is 3.78. The van der Waals surface area contributed by atoms with Gasteiger partial charge in [0.05, 0.1) is 12.8 Å². The highest BCUT2D eigenvalue weighted by Gasteiger charge is 2.18. The van der Waals surface area contributed by atoms with E-state index in [1.165, 1.54) is 19.2 Å². The standard InChI is InChI=1S/C17H14F2N4O3/c1-26-12-5-4-10-14(20)13(17(25)23-15(10)22-12)16(24)21-7-8-2-3-9(18)6-11(8)19/h2-6H,7H2,1H3,(H,21,24)(H3,20,22,23,25). The molecule has 2 heterocycles. The van der Waals surface area contributed by atoms with Crippen molar-refractivity contribution in [2.45, 2.75) is 6.54 Å². The number of nitrogens with zero attached hydrogens (tertiary/aromatic N) is 1. The zero-order chi connectivity index (χ0) is 18.8. The molecule has 0 saturated heterocycles. The van der Waals surface area contributed by atoms with E-state index in [1.54, 1.807) is 6.07 Å². The molecule has 1 aromatic carbocycles. The molecule has 2 aromatic heterocycles. The molecule has 0 atom stereocenters. The van der Waals surface area contributed by atoms with Crippen molar-refractivity contribution in [2.24, 2.45) is 0 Å². The molecule has 1 amide bonds. The molecule has 0 unspecified atom stereocenters. The average Bonchev–Trinajstić information content (AvgIpc) is 2.60. The Balaban J connectivity index is 1.91. The fraction of sp³-hybridized carbons (Fsp3) is 0.118. The zero-order valence-corrected chi connectivity index (χ0v) is 13.6. The van der Waals surface area contributed by atoms with Gasteiger partial charge >= 0.3 is 0 Å². The van der Waals surface area contributed by atoms with Crippen LogP contribution in [0.4, 0.5) is 14.5 Å². The first-order chi connectivity index (χ1) is 12.4. The lowest BCUT2D eigenvalue weighted by Gasteiger charge is -2.10. The summed E-state index contributed by atoms with van der Waals surface area (Å²) in [6, 6.07) is 6.07. The van der Waals surface area contributed by atoms with Crippen LogP contribution in [0.15, 0.2) is 35.1 Å². The van der Waals surface area contributed by atoms with Crippen molar-refractivity contribution >= 4 is 22.6 Å². The highest BCUT2D eigenvalue weighted by Crippen LogP contribution is 2.22. The number of anilines is 1. The molecular formula is C17H14F2N4O3. The normalized spacial score (nSPS) is 10.7. The van der Waals surface area contributed by atoms with Gasteiger partial charge in [-0.25, -0.2) is 8.78 Å². The Morgan fingerprint density at radius 2 is 2.08 bits per heavy atom. The van der Waals surface area contributed by atoms with Gasteiger partial charge in [0, 0.05) is 29.6 Å². The summed E-state index contributed by atoms with van der Waals surface area (Å²) in [6.07, 6.45) is 0. The molecule has 3 aromatic rings. The highest BCUT2D eigenvalue weighted by molar-refractivity contribution is 6.05. The van der Waals surface area contributed by atoms with Crippen LogP contribution in [0.1, 0.15) is 15.9 Å². The summed E-state index contributed by atoms with van der Waals surface area (Å²) in [5, 5.41) is 2.76. The van der Waals surface area contributed by atoms with Gasteiger partial charge in [0.1, 0.15) is 22.8 Å². The van der Waals surface area contributed by atoms with E-state index in [4.69, 9.17) is 10.5 Å². The summed E-state index contributed by atoms with van der Waals surface area (Å²) >= 11 is 0. The number of aromatic amines is 1. The molecule has 0 aliphatic carbocycles.